The van der Waals surface area contributed by atoms with Gasteiger partial charge in [-0.15, -0.1) is 0 Å². The Balaban J connectivity index is 1.58. The minimum absolute atomic E-state index is 0.0181. The predicted octanol–water partition coefficient (Wildman–Crippen LogP) is 3.15. The average molecular weight is 363 g/mol. The molecule has 24 heavy (non-hydrogen) atoms. The van der Waals surface area contributed by atoms with E-state index in [1.54, 1.807) is 35.5 Å². The lowest BCUT2D eigenvalue weighted by molar-refractivity contribution is -0.126. The van der Waals surface area contributed by atoms with E-state index in [4.69, 9.17) is 23.2 Å². The van der Waals surface area contributed by atoms with Crippen LogP contribution in [-0.4, -0.2) is 47.0 Å². The van der Waals surface area contributed by atoms with Gasteiger partial charge in [0.1, 0.15) is 5.82 Å². The van der Waals surface area contributed by atoms with Crippen LogP contribution in [0.2, 0.25) is 10.0 Å². The first-order valence-corrected chi connectivity index (χ1v) is 8.33. The van der Waals surface area contributed by atoms with Gasteiger partial charge in [0, 0.05) is 44.6 Å². The molecule has 0 radical (unpaired) electrons. The van der Waals surface area contributed by atoms with Crippen LogP contribution >= 0.6 is 23.2 Å². The van der Waals surface area contributed by atoms with Gasteiger partial charge < -0.3 is 9.80 Å². The Morgan fingerprint density at radius 1 is 1.12 bits per heavy atom. The van der Waals surface area contributed by atoms with Gasteiger partial charge in [-0.2, -0.15) is 0 Å². The van der Waals surface area contributed by atoms with Gasteiger partial charge in [-0.3, -0.25) is 9.78 Å². The molecule has 0 unspecified atom stereocenters. The van der Waals surface area contributed by atoms with Crippen molar-refractivity contribution in [2.45, 2.75) is 0 Å². The summed E-state index contributed by atoms with van der Waals surface area (Å²) in [7, 11) is 0. The molecule has 0 spiro atoms. The number of piperazine rings is 1. The highest BCUT2D eigenvalue weighted by atomic mass is 35.5. The number of carbonyl (C=O) groups is 1. The molecular formula is C17H16Cl2N4O. The zero-order valence-electron chi connectivity index (χ0n) is 12.9. The van der Waals surface area contributed by atoms with Crippen molar-refractivity contribution >= 4 is 41.0 Å². The van der Waals surface area contributed by atoms with Gasteiger partial charge in [0.25, 0.3) is 0 Å². The van der Waals surface area contributed by atoms with E-state index in [2.05, 4.69) is 14.9 Å². The summed E-state index contributed by atoms with van der Waals surface area (Å²) in [4.78, 5) is 24.6. The molecule has 7 heteroatoms. The van der Waals surface area contributed by atoms with Crippen LogP contribution in [0.4, 0.5) is 5.82 Å². The summed E-state index contributed by atoms with van der Waals surface area (Å²) in [5, 5.41) is 1.04. The number of nitrogens with zero attached hydrogens (tertiary/aromatic N) is 4. The smallest absolute Gasteiger partial charge is 0.246 e. The summed E-state index contributed by atoms with van der Waals surface area (Å²) in [5.74, 6) is 0.688. The Bertz CT molecular complexity index is 744. The summed E-state index contributed by atoms with van der Waals surface area (Å²) in [6, 6.07) is 7.27. The summed E-state index contributed by atoms with van der Waals surface area (Å²) in [5.41, 5.74) is 0.765. The van der Waals surface area contributed by atoms with E-state index >= 15 is 0 Å². The van der Waals surface area contributed by atoms with Gasteiger partial charge in [-0.05, 0) is 24.3 Å². The van der Waals surface area contributed by atoms with Crippen molar-refractivity contribution < 1.29 is 4.79 Å². The number of hydrogen-bond donors (Lipinski definition) is 0. The molecule has 0 aromatic carbocycles. The molecule has 1 amide bonds. The van der Waals surface area contributed by atoms with E-state index in [1.807, 2.05) is 18.2 Å². The Kier molecular flexibility index (Phi) is 5.33. The maximum Gasteiger partial charge on any atom is 0.246 e. The first-order valence-electron chi connectivity index (χ1n) is 7.57. The molecule has 1 saturated heterocycles. The maximum atomic E-state index is 12.3. The highest BCUT2D eigenvalue weighted by molar-refractivity contribution is 6.36. The Morgan fingerprint density at radius 2 is 1.92 bits per heavy atom. The third kappa shape index (κ3) is 4.04. The summed E-state index contributed by atoms with van der Waals surface area (Å²) in [6.45, 7) is 2.59. The normalized spacial score (nSPS) is 15.1. The molecule has 1 aliphatic heterocycles. The lowest BCUT2D eigenvalue weighted by Crippen LogP contribution is -2.48. The van der Waals surface area contributed by atoms with Crippen molar-refractivity contribution in [3.05, 3.63) is 58.5 Å². The van der Waals surface area contributed by atoms with Crippen molar-refractivity contribution in [3.63, 3.8) is 0 Å². The summed E-state index contributed by atoms with van der Waals surface area (Å²) >= 11 is 12.1. The first kappa shape index (κ1) is 16.7. The summed E-state index contributed by atoms with van der Waals surface area (Å²) < 4.78 is 0. The molecule has 2 aromatic rings. The van der Waals surface area contributed by atoms with Crippen LogP contribution in [0.3, 0.4) is 0 Å². The lowest BCUT2D eigenvalue weighted by atomic mass is 10.2. The number of carbonyl (C=O) groups excluding carboxylic acids is 1. The minimum atomic E-state index is -0.0181. The first-order chi connectivity index (χ1) is 11.6. The van der Waals surface area contributed by atoms with Crippen LogP contribution in [0.25, 0.3) is 6.08 Å². The molecule has 0 N–H and O–H groups in total. The molecule has 0 aliphatic carbocycles. The molecule has 3 heterocycles. The third-order valence-corrected chi connectivity index (χ3v) is 4.25. The van der Waals surface area contributed by atoms with Gasteiger partial charge >= 0.3 is 0 Å². The molecule has 0 saturated carbocycles. The second-order valence-corrected chi connectivity index (χ2v) is 6.20. The molecule has 2 aromatic heterocycles. The van der Waals surface area contributed by atoms with Gasteiger partial charge in [-0.1, -0.05) is 29.3 Å². The van der Waals surface area contributed by atoms with E-state index in [-0.39, 0.29) is 5.91 Å². The zero-order chi connectivity index (χ0) is 16.9. The highest BCUT2D eigenvalue weighted by Crippen LogP contribution is 2.26. The maximum absolute atomic E-state index is 12.3. The van der Waals surface area contributed by atoms with Gasteiger partial charge in [0.15, 0.2) is 0 Å². The monoisotopic (exact) mass is 362 g/mol. The Hall–Kier alpha value is -2.11. The Labute approximate surface area is 150 Å². The van der Waals surface area contributed by atoms with Gasteiger partial charge in [-0.25, -0.2) is 4.98 Å². The molecular weight excluding hydrogens is 347 g/mol. The number of halogens is 2. The molecule has 1 aliphatic rings. The molecule has 3 rings (SSSR count). The number of rotatable bonds is 3. The Morgan fingerprint density at radius 3 is 2.58 bits per heavy atom. The van der Waals surface area contributed by atoms with E-state index in [0.717, 1.165) is 5.69 Å². The van der Waals surface area contributed by atoms with Crippen LogP contribution < -0.4 is 4.90 Å². The molecule has 0 atom stereocenters. The average Bonchev–Trinajstić information content (AvgIpc) is 2.61. The largest absolute Gasteiger partial charge is 0.352 e. The molecule has 0 bridgehead atoms. The molecule has 124 valence electrons. The van der Waals surface area contributed by atoms with Crippen molar-refractivity contribution in [1.29, 1.82) is 0 Å². The van der Waals surface area contributed by atoms with Crippen LogP contribution in [0.15, 0.2) is 42.7 Å². The van der Waals surface area contributed by atoms with Gasteiger partial charge in [0.05, 0.1) is 15.7 Å². The predicted molar refractivity (Wildman–Crippen MR) is 96.3 cm³/mol. The summed E-state index contributed by atoms with van der Waals surface area (Å²) in [6.07, 6.45) is 6.57. The third-order valence-electron chi connectivity index (χ3n) is 3.76. The number of anilines is 1. The van der Waals surface area contributed by atoms with Gasteiger partial charge in [0.2, 0.25) is 5.91 Å². The fourth-order valence-electron chi connectivity index (χ4n) is 2.52. The quantitative estimate of drug-likeness (QED) is 0.787. The van der Waals surface area contributed by atoms with Crippen LogP contribution in [0, 0.1) is 0 Å². The highest BCUT2D eigenvalue weighted by Gasteiger charge is 2.22. The number of hydrogen-bond acceptors (Lipinski definition) is 4. The standard InChI is InChI=1S/C17H16Cl2N4O/c18-13-11-15(19)17(21-12-13)23-9-7-22(8-10-23)16(24)5-4-14-3-1-2-6-20-14/h1-6,11-12H,7-10H2. The lowest BCUT2D eigenvalue weighted by Gasteiger charge is -2.35. The van der Waals surface area contributed by atoms with E-state index < -0.39 is 0 Å². The van der Waals surface area contributed by atoms with E-state index in [1.165, 1.54) is 0 Å². The number of pyridine rings is 2. The zero-order valence-corrected chi connectivity index (χ0v) is 14.4. The molecule has 1 fully saturated rings. The van der Waals surface area contributed by atoms with E-state index in [9.17, 15) is 4.79 Å². The van der Waals surface area contributed by atoms with Crippen molar-refractivity contribution in [3.8, 4) is 0 Å². The fourth-order valence-corrected chi connectivity index (χ4v) is 3.01. The van der Waals surface area contributed by atoms with Crippen LogP contribution in [0.5, 0.6) is 0 Å². The van der Waals surface area contributed by atoms with Crippen LogP contribution in [0.1, 0.15) is 5.69 Å². The second kappa shape index (κ2) is 7.64. The van der Waals surface area contributed by atoms with Crippen molar-refractivity contribution in [2.24, 2.45) is 0 Å². The number of aromatic nitrogens is 2. The fraction of sp³-hybridized carbons (Fsp3) is 0.235. The topological polar surface area (TPSA) is 49.3 Å². The minimum Gasteiger partial charge on any atom is -0.352 e. The number of amides is 1. The van der Waals surface area contributed by atoms with Crippen molar-refractivity contribution in [1.82, 2.24) is 14.9 Å². The van der Waals surface area contributed by atoms with Crippen molar-refractivity contribution in [2.75, 3.05) is 31.1 Å². The van der Waals surface area contributed by atoms with E-state index in [0.29, 0.717) is 42.0 Å². The molecule has 5 nitrogen and oxygen atoms in total. The second-order valence-electron chi connectivity index (χ2n) is 5.36. The van der Waals surface area contributed by atoms with Crippen LogP contribution in [-0.2, 0) is 4.79 Å². The SMILES string of the molecule is O=C(C=Cc1ccccn1)N1CCN(c2ncc(Cl)cc2Cl)CC1.